The fourth-order valence-corrected chi connectivity index (χ4v) is 3.48. The van der Waals surface area contributed by atoms with E-state index in [0.717, 1.165) is 18.8 Å². The standard InChI is InChI=1S/C24H23FN4O2/c25-19-9-11-20(12-10-19)26-23(30)18-5-4-6-21(17-18)27-24(31)29-15-13-28(14-16-29)22-7-2-1-3-8-22/h1-12,17H,13-16H2,(H,26,30)(H,27,31). The number of nitrogens with one attached hydrogen (secondary N) is 2. The van der Waals surface area contributed by atoms with Gasteiger partial charge < -0.3 is 20.4 Å². The maximum Gasteiger partial charge on any atom is 0.321 e. The molecule has 31 heavy (non-hydrogen) atoms. The third kappa shape index (κ3) is 5.19. The zero-order chi connectivity index (χ0) is 21.6. The van der Waals surface area contributed by atoms with Crippen LogP contribution in [0.5, 0.6) is 0 Å². The molecule has 4 rings (SSSR count). The second kappa shape index (κ2) is 9.30. The third-order valence-electron chi connectivity index (χ3n) is 5.17. The van der Waals surface area contributed by atoms with Gasteiger partial charge in [0.1, 0.15) is 5.82 Å². The number of halogens is 1. The number of anilines is 3. The Morgan fingerprint density at radius 2 is 1.45 bits per heavy atom. The van der Waals surface area contributed by atoms with Gasteiger partial charge in [0.05, 0.1) is 0 Å². The van der Waals surface area contributed by atoms with E-state index in [1.54, 1.807) is 29.2 Å². The maximum absolute atomic E-state index is 13.0. The Morgan fingerprint density at radius 1 is 0.742 bits per heavy atom. The van der Waals surface area contributed by atoms with Crippen LogP contribution in [-0.4, -0.2) is 43.0 Å². The second-order valence-corrected chi connectivity index (χ2v) is 7.28. The van der Waals surface area contributed by atoms with Crippen molar-refractivity contribution < 1.29 is 14.0 Å². The molecule has 1 aliphatic rings. The number of rotatable bonds is 4. The summed E-state index contributed by atoms with van der Waals surface area (Å²) in [5.41, 5.74) is 2.60. The molecule has 0 unspecified atom stereocenters. The van der Waals surface area contributed by atoms with Crippen LogP contribution in [-0.2, 0) is 0 Å². The van der Waals surface area contributed by atoms with Crippen molar-refractivity contribution in [3.8, 4) is 0 Å². The number of carbonyl (C=O) groups excluding carboxylic acids is 2. The molecule has 1 saturated heterocycles. The number of para-hydroxylation sites is 1. The highest BCUT2D eigenvalue weighted by Gasteiger charge is 2.21. The highest BCUT2D eigenvalue weighted by atomic mass is 19.1. The lowest BCUT2D eigenvalue weighted by molar-refractivity contribution is 0.102. The van der Waals surface area contributed by atoms with E-state index >= 15 is 0 Å². The number of hydrogen-bond donors (Lipinski definition) is 2. The molecule has 0 atom stereocenters. The number of piperazine rings is 1. The van der Waals surface area contributed by atoms with Crippen LogP contribution in [0.1, 0.15) is 10.4 Å². The lowest BCUT2D eigenvalue weighted by atomic mass is 10.2. The van der Waals surface area contributed by atoms with Crippen molar-refractivity contribution in [1.82, 2.24) is 4.90 Å². The molecule has 1 fully saturated rings. The van der Waals surface area contributed by atoms with Crippen molar-refractivity contribution in [3.63, 3.8) is 0 Å². The van der Waals surface area contributed by atoms with Crippen LogP contribution in [0.25, 0.3) is 0 Å². The van der Waals surface area contributed by atoms with Gasteiger partial charge in [-0.05, 0) is 54.6 Å². The van der Waals surface area contributed by atoms with Crippen LogP contribution in [0.2, 0.25) is 0 Å². The summed E-state index contributed by atoms with van der Waals surface area (Å²) in [5.74, 6) is -0.702. The maximum atomic E-state index is 13.0. The normalized spacial score (nSPS) is 13.6. The van der Waals surface area contributed by atoms with Gasteiger partial charge in [-0.3, -0.25) is 4.79 Å². The summed E-state index contributed by atoms with van der Waals surface area (Å²) < 4.78 is 13.0. The van der Waals surface area contributed by atoms with Crippen LogP contribution >= 0.6 is 0 Å². The SMILES string of the molecule is O=C(Nc1ccc(F)cc1)c1cccc(NC(=O)N2CCN(c3ccccc3)CC2)c1. The quantitative estimate of drug-likeness (QED) is 0.659. The van der Waals surface area contributed by atoms with E-state index in [-0.39, 0.29) is 17.8 Å². The van der Waals surface area contributed by atoms with Gasteiger partial charge in [0.25, 0.3) is 5.91 Å². The molecular formula is C24H23FN4O2. The van der Waals surface area contributed by atoms with E-state index in [9.17, 15) is 14.0 Å². The van der Waals surface area contributed by atoms with Crippen LogP contribution in [0.4, 0.5) is 26.2 Å². The molecule has 3 aromatic rings. The van der Waals surface area contributed by atoms with E-state index in [4.69, 9.17) is 0 Å². The summed E-state index contributed by atoms with van der Waals surface area (Å²) in [5, 5.41) is 5.59. The zero-order valence-corrected chi connectivity index (χ0v) is 16.9. The van der Waals surface area contributed by atoms with Gasteiger partial charge in [-0.2, -0.15) is 0 Å². The van der Waals surface area contributed by atoms with Crippen molar-refractivity contribution in [3.05, 3.63) is 90.2 Å². The molecule has 0 aliphatic carbocycles. The molecule has 1 heterocycles. The van der Waals surface area contributed by atoms with Crippen molar-refractivity contribution in [2.24, 2.45) is 0 Å². The third-order valence-corrected chi connectivity index (χ3v) is 5.17. The van der Waals surface area contributed by atoms with E-state index in [1.165, 1.54) is 24.3 Å². The highest BCUT2D eigenvalue weighted by molar-refractivity contribution is 6.05. The van der Waals surface area contributed by atoms with Gasteiger partial charge >= 0.3 is 6.03 Å². The molecule has 2 N–H and O–H groups in total. The van der Waals surface area contributed by atoms with E-state index in [2.05, 4.69) is 27.7 Å². The van der Waals surface area contributed by atoms with Gasteiger partial charge in [-0.15, -0.1) is 0 Å². The molecule has 3 amide bonds. The molecule has 1 aliphatic heterocycles. The highest BCUT2D eigenvalue weighted by Crippen LogP contribution is 2.18. The molecule has 0 saturated carbocycles. The summed E-state index contributed by atoms with van der Waals surface area (Å²) in [6.45, 7) is 2.76. The van der Waals surface area contributed by atoms with Crippen LogP contribution in [0, 0.1) is 5.82 Å². The Labute approximate surface area is 180 Å². The fourth-order valence-electron chi connectivity index (χ4n) is 3.48. The Hall–Kier alpha value is -3.87. The Balaban J connectivity index is 1.33. The minimum atomic E-state index is -0.368. The lowest BCUT2D eigenvalue weighted by Gasteiger charge is -2.36. The number of benzene rings is 3. The van der Waals surface area contributed by atoms with Crippen molar-refractivity contribution >= 4 is 29.0 Å². The summed E-state index contributed by atoms with van der Waals surface area (Å²) in [6, 6.07) is 22.2. The number of hydrogen-bond acceptors (Lipinski definition) is 3. The minimum Gasteiger partial charge on any atom is -0.368 e. The smallest absolute Gasteiger partial charge is 0.321 e. The van der Waals surface area contributed by atoms with Crippen LogP contribution < -0.4 is 15.5 Å². The summed E-state index contributed by atoms with van der Waals surface area (Å²) in [6.07, 6.45) is 0. The molecule has 0 bridgehead atoms. The first-order chi connectivity index (χ1) is 15.1. The van der Waals surface area contributed by atoms with E-state index in [1.807, 2.05) is 18.2 Å². The summed E-state index contributed by atoms with van der Waals surface area (Å²) in [7, 11) is 0. The van der Waals surface area contributed by atoms with Crippen LogP contribution in [0.3, 0.4) is 0 Å². The Bertz CT molecular complexity index is 1050. The van der Waals surface area contributed by atoms with Crippen molar-refractivity contribution in [1.29, 1.82) is 0 Å². The average molecular weight is 418 g/mol. The van der Waals surface area contributed by atoms with Gasteiger partial charge in [-0.1, -0.05) is 24.3 Å². The first-order valence-electron chi connectivity index (χ1n) is 10.1. The van der Waals surface area contributed by atoms with Gasteiger partial charge in [-0.25, -0.2) is 9.18 Å². The monoisotopic (exact) mass is 418 g/mol. The molecule has 3 aromatic carbocycles. The fraction of sp³-hybridized carbons (Fsp3) is 0.167. The lowest BCUT2D eigenvalue weighted by Crippen LogP contribution is -2.50. The minimum absolute atomic E-state index is 0.191. The number of nitrogens with zero attached hydrogens (tertiary/aromatic N) is 2. The number of carbonyl (C=O) groups is 2. The van der Waals surface area contributed by atoms with Gasteiger partial charge in [0.15, 0.2) is 0 Å². The largest absolute Gasteiger partial charge is 0.368 e. The molecule has 0 radical (unpaired) electrons. The Morgan fingerprint density at radius 3 is 2.16 bits per heavy atom. The summed E-state index contributed by atoms with van der Waals surface area (Å²) >= 11 is 0. The Kier molecular flexibility index (Phi) is 6.12. The first kappa shape index (κ1) is 20.4. The molecule has 7 heteroatoms. The van der Waals surface area contributed by atoms with Gasteiger partial charge in [0, 0.05) is 48.8 Å². The summed E-state index contributed by atoms with van der Waals surface area (Å²) in [4.78, 5) is 29.2. The topological polar surface area (TPSA) is 64.7 Å². The first-order valence-corrected chi connectivity index (χ1v) is 10.1. The van der Waals surface area contributed by atoms with Crippen molar-refractivity contribution in [2.45, 2.75) is 0 Å². The van der Waals surface area contributed by atoms with Crippen LogP contribution in [0.15, 0.2) is 78.9 Å². The molecule has 158 valence electrons. The molecule has 6 nitrogen and oxygen atoms in total. The second-order valence-electron chi connectivity index (χ2n) is 7.28. The zero-order valence-electron chi connectivity index (χ0n) is 16.9. The van der Waals surface area contributed by atoms with E-state index in [0.29, 0.717) is 30.0 Å². The number of urea groups is 1. The molecular weight excluding hydrogens is 395 g/mol. The average Bonchev–Trinajstić information content (AvgIpc) is 2.81. The predicted octanol–water partition coefficient (Wildman–Crippen LogP) is 4.43. The number of amides is 3. The van der Waals surface area contributed by atoms with E-state index < -0.39 is 0 Å². The predicted molar refractivity (Wildman–Crippen MR) is 120 cm³/mol. The molecule has 0 spiro atoms. The molecule has 0 aromatic heterocycles. The van der Waals surface area contributed by atoms with Crippen molar-refractivity contribution in [2.75, 3.05) is 41.7 Å². The van der Waals surface area contributed by atoms with Gasteiger partial charge in [0.2, 0.25) is 0 Å².